The van der Waals surface area contributed by atoms with Crippen LogP contribution in [0.4, 0.5) is 0 Å². The maximum Gasteiger partial charge on any atom is 0.479 e. The van der Waals surface area contributed by atoms with Gasteiger partial charge in [0.25, 0.3) is 0 Å². The lowest BCUT2D eigenvalue weighted by molar-refractivity contribution is -0.126. The highest BCUT2D eigenvalue weighted by molar-refractivity contribution is 7.47. The fourth-order valence-electron chi connectivity index (χ4n) is 1.63. The van der Waals surface area contributed by atoms with Crippen molar-refractivity contribution >= 4 is 19.4 Å². The summed E-state index contributed by atoms with van der Waals surface area (Å²) in [5.74, 6) is -0.918. The van der Waals surface area contributed by atoms with Gasteiger partial charge in [-0.25, -0.2) is 13.6 Å². The van der Waals surface area contributed by atoms with Gasteiger partial charge in [-0.1, -0.05) is 13.2 Å². The minimum absolute atomic E-state index is 0.0404. The largest absolute Gasteiger partial charge is 0.479 e. The van der Waals surface area contributed by atoms with E-state index in [1.807, 2.05) is 0 Å². The summed E-state index contributed by atoms with van der Waals surface area (Å²) in [6.45, 7) is 9.90. The molecule has 2 aliphatic rings. The van der Waals surface area contributed by atoms with Gasteiger partial charge < -0.3 is 14.4 Å². The number of carbonyl (C=O) groups is 2. The Labute approximate surface area is 132 Å². The van der Waals surface area contributed by atoms with Crippen LogP contribution in [0, 0.1) is 0 Å². The zero-order chi connectivity index (χ0) is 17.4. The molecule has 2 unspecified atom stereocenters. The summed E-state index contributed by atoms with van der Waals surface area (Å²) < 4.78 is 31.0. The predicted octanol–water partition coefficient (Wildman–Crippen LogP) is 1.89. The number of Topliss-reactive ketones (excluding diaryl/α,β-unsaturated/α-hetero) is 2. The first-order valence-electron chi connectivity index (χ1n) is 6.43. The molecule has 0 aromatic rings. The predicted molar refractivity (Wildman–Crippen MR) is 77.5 cm³/mol. The van der Waals surface area contributed by atoms with Gasteiger partial charge in [-0.3, -0.25) is 9.59 Å². The number of phosphoric acid groups is 1. The average Bonchev–Trinajstić information content (AvgIpc) is 2.40. The van der Waals surface area contributed by atoms with E-state index in [2.05, 4.69) is 13.2 Å². The van der Waals surface area contributed by atoms with Crippen LogP contribution in [0.5, 0.6) is 0 Å². The van der Waals surface area contributed by atoms with Crippen LogP contribution in [0.3, 0.4) is 0 Å². The molecule has 0 radical (unpaired) electrons. The Morgan fingerprint density at radius 2 is 1.39 bits per heavy atom. The Hall–Kier alpha value is -1.99. The number of ether oxygens (including phenoxy) is 2. The Morgan fingerprint density at radius 1 is 1.04 bits per heavy atom. The third-order valence-electron chi connectivity index (χ3n) is 2.90. The molecule has 0 saturated heterocycles. The number of allylic oxidation sites excluding steroid dienone is 2. The lowest BCUT2D eigenvalue weighted by Crippen LogP contribution is -2.33. The minimum Gasteiger partial charge on any atom is -0.467 e. The first-order valence-corrected chi connectivity index (χ1v) is 7.93. The zero-order valence-electron chi connectivity index (χ0n) is 12.5. The second kappa shape index (κ2) is 6.25. The van der Waals surface area contributed by atoms with Gasteiger partial charge in [0, 0.05) is 0 Å². The van der Waals surface area contributed by atoms with Crippen molar-refractivity contribution in [2.24, 2.45) is 0 Å². The van der Waals surface area contributed by atoms with E-state index in [0.29, 0.717) is 0 Å². The van der Waals surface area contributed by atoms with Gasteiger partial charge in [0.2, 0.25) is 12.6 Å². The first kappa shape index (κ1) is 17.4. The van der Waals surface area contributed by atoms with Crippen molar-refractivity contribution in [2.45, 2.75) is 26.4 Å². The van der Waals surface area contributed by atoms with Crippen molar-refractivity contribution < 1.29 is 37.6 Å². The van der Waals surface area contributed by atoms with Crippen LogP contribution < -0.4 is 0 Å². The number of rotatable bonds is 8. The summed E-state index contributed by atoms with van der Waals surface area (Å²) in [6.07, 6.45) is -0.506. The maximum atomic E-state index is 11.9. The smallest absolute Gasteiger partial charge is 0.467 e. The molecule has 2 aliphatic heterocycles. The van der Waals surface area contributed by atoms with Crippen molar-refractivity contribution in [2.75, 3.05) is 0 Å². The van der Waals surface area contributed by atoms with E-state index in [1.54, 1.807) is 0 Å². The van der Waals surface area contributed by atoms with E-state index in [9.17, 15) is 19.0 Å². The zero-order valence-corrected chi connectivity index (χ0v) is 13.4. The van der Waals surface area contributed by atoms with Crippen molar-refractivity contribution in [3.63, 3.8) is 0 Å². The van der Waals surface area contributed by atoms with Gasteiger partial charge in [0.1, 0.15) is 23.7 Å². The number of carbonyl (C=O) groups excluding carboxylic acids is 2. The maximum absolute atomic E-state index is 11.9. The highest BCUT2D eigenvalue weighted by Gasteiger charge is 2.42. The highest BCUT2D eigenvalue weighted by atomic mass is 31.2. The number of hydrogen-bond acceptors (Lipinski definition) is 7. The van der Waals surface area contributed by atoms with Gasteiger partial charge in [-0.05, 0) is 25.0 Å². The van der Waals surface area contributed by atoms with Gasteiger partial charge in [-0.15, -0.1) is 0 Å². The third kappa shape index (κ3) is 3.68. The summed E-state index contributed by atoms with van der Waals surface area (Å²) in [7, 11) is -4.65. The molecule has 0 aromatic carbocycles. The summed E-state index contributed by atoms with van der Waals surface area (Å²) in [4.78, 5) is 33.1. The standard InChI is InChI=1S/C14H15O8P/c1-7(2)11(15)9-5-19-13(9)21-23(17,18)22-14-10(6-20-14)12(16)8(3)4/h5-6,13-14H,1,3H2,2,4H3,(H,17,18). The fourth-order valence-corrected chi connectivity index (χ4v) is 2.49. The molecule has 9 heteroatoms. The molecule has 0 aromatic heterocycles. The molecule has 124 valence electrons. The van der Waals surface area contributed by atoms with E-state index in [4.69, 9.17) is 18.5 Å². The van der Waals surface area contributed by atoms with Crippen molar-refractivity contribution in [1.29, 1.82) is 0 Å². The Morgan fingerprint density at radius 3 is 1.61 bits per heavy atom. The monoisotopic (exact) mass is 342 g/mol. The summed E-state index contributed by atoms with van der Waals surface area (Å²) in [6, 6.07) is 0. The van der Waals surface area contributed by atoms with Gasteiger partial charge in [0.15, 0.2) is 11.6 Å². The summed E-state index contributed by atoms with van der Waals surface area (Å²) in [5, 5.41) is 0. The molecule has 1 N–H and O–H groups in total. The summed E-state index contributed by atoms with van der Waals surface area (Å²) >= 11 is 0. The third-order valence-corrected chi connectivity index (χ3v) is 3.82. The molecule has 0 saturated carbocycles. The lowest BCUT2D eigenvalue weighted by atomic mass is 10.1. The second-order valence-electron chi connectivity index (χ2n) is 4.98. The van der Waals surface area contributed by atoms with Crippen LogP contribution in [-0.2, 0) is 32.7 Å². The number of phosphoric ester groups is 1. The minimum atomic E-state index is -4.65. The van der Waals surface area contributed by atoms with Crippen LogP contribution in [-0.4, -0.2) is 29.0 Å². The lowest BCUT2D eigenvalue weighted by Gasteiger charge is -2.31. The number of ketones is 2. The van der Waals surface area contributed by atoms with Crippen LogP contribution in [0.25, 0.3) is 0 Å². The molecule has 0 bridgehead atoms. The Kier molecular flexibility index (Phi) is 4.72. The van der Waals surface area contributed by atoms with Crippen LogP contribution >= 0.6 is 7.82 Å². The Balaban J connectivity index is 1.96. The van der Waals surface area contributed by atoms with E-state index < -0.39 is 32.0 Å². The van der Waals surface area contributed by atoms with Crippen molar-refractivity contribution in [3.05, 3.63) is 48.0 Å². The first-order chi connectivity index (χ1) is 10.6. The Bertz CT molecular complexity index is 646. The highest BCUT2D eigenvalue weighted by Crippen LogP contribution is 2.50. The fraction of sp³-hybridized carbons (Fsp3) is 0.286. The van der Waals surface area contributed by atoms with E-state index in [-0.39, 0.29) is 22.3 Å². The average molecular weight is 342 g/mol. The van der Waals surface area contributed by atoms with Gasteiger partial charge >= 0.3 is 7.82 Å². The van der Waals surface area contributed by atoms with Crippen molar-refractivity contribution in [1.82, 2.24) is 0 Å². The molecule has 2 heterocycles. The molecule has 8 nitrogen and oxygen atoms in total. The number of hydrogen-bond donors (Lipinski definition) is 1. The quantitative estimate of drug-likeness (QED) is 0.526. The second-order valence-corrected chi connectivity index (χ2v) is 6.34. The van der Waals surface area contributed by atoms with Crippen molar-refractivity contribution in [3.8, 4) is 0 Å². The molecular formula is C14H15O8P. The van der Waals surface area contributed by atoms with E-state index in [1.165, 1.54) is 13.8 Å². The van der Waals surface area contributed by atoms with Gasteiger partial charge in [0.05, 0.1) is 0 Å². The molecule has 2 rings (SSSR count). The molecule has 0 fully saturated rings. The summed E-state index contributed by atoms with van der Waals surface area (Å²) in [5.41, 5.74) is 0.528. The van der Waals surface area contributed by atoms with Crippen LogP contribution in [0.2, 0.25) is 0 Å². The molecular weight excluding hydrogens is 327 g/mol. The normalized spacial score (nSPS) is 24.5. The molecule has 0 spiro atoms. The van der Waals surface area contributed by atoms with Gasteiger partial charge in [-0.2, -0.15) is 0 Å². The molecule has 2 atom stereocenters. The van der Waals surface area contributed by atoms with E-state index >= 15 is 0 Å². The molecule has 0 amide bonds. The topological polar surface area (TPSA) is 108 Å². The molecule has 23 heavy (non-hydrogen) atoms. The SMILES string of the molecule is C=C(C)C(=O)C1=COC1OP(=O)(O)OC1OC=C1C(=O)C(=C)C. The van der Waals surface area contributed by atoms with Crippen LogP contribution in [0.15, 0.2) is 48.0 Å². The van der Waals surface area contributed by atoms with Crippen LogP contribution in [0.1, 0.15) is 13.8 Å². The van der Waals surface area contributed by atoms with E-state index in [0.717, 1.165) is 12.5 Å². The molecule has 0 aliphatic carbocycles.